The molecule has 0 atom stereocenters. The van der Waals surface area contributed by atoms with Gasteiger partial charge < -0.3 is 10.1 Å². The second-order valence-electron chi connectivity index (χ2n) is 4.71. The van der Waals surface area contributed by atoms with Gasteiger partial charge in [0, 0.05) is 0 Å². The number of hydrogen-bond acceptors (Lipinski definition) is 5. The van der Waals surface area contributed by atoms with E-state index in [-0.39, 0.29) is 0 Å². The first-order valence-corrected chi connectivity index (χ1v) is 6.36. The van der Waals surface area contributed by atoms with E-state index in [4.69, 9.17) is 4.74 Å². The number of nitrogens with one attached hydrogen (secondary N) is 1. The summed E-state index contributed by atoms with van der Waals surface area (Å²) in [7, 11) is 0. The van der Waals surface area contributed by atoms with Crippen molar-refractivity contribution in [2.24, 2.45) is 0 Å². The van der Waals surface area contributed by atoms with Gasteiger partial charge in [-0.1, -0.05) is 0 Å². The molecule has 1 aromatic carbocycles. The predicted molar refractivity (Wildman–Crippen MR) is 72.0 cm³/mol. The van der Waals surface area contributed by atoms with Crippen LogP contribution in [0.5, 0.6) is 11.5 Å². The van der Waals surface area contributed by atoms with Crippen LogP contribution in [0.15, 0.2) is 30.9 Å². The van der Waals surface area contributed by atoms with E-state index in [0.717, 1.165) is 24.9 Å². The van der Waals surface area contributed by atoms with Crippen LogP contribution in [0.25, 0.3) is 0 Å². The highest BCUT2D eigenvalue weighted by Gasteiger charge is 2.37. The summed E-state index contributed by atoms with van der Waals surface area (Å²) in [6, 6.07) is 11.8. The van der Waals surface area contributed by atoms with Crippen LogP contribution >= 0.6 is 0 Å². The molecule has 1 saturated carbocycles. The van der Waals surface area contributed by atoms with Gasteiger partial charge in [-0.15, -0.1) is 0 Å². The molecule has 1 aliphatic carbocycles. The molecule has 20 heavy (non-hydrogen) atoms. The third kappa shape index (κ3) is 2.48. The molecule has 3 rings (SSSR count). The van der Waals surface area contributed by atoms with Crippen LogP contribution in [0.2, 0.25) is 0 Å². The summed E-state index contributed by atoms with van der Waals surface area (Å²) < 4.78 is 5.53. The molecule has 1 N–H and O–H groups in total. The molecular formula is C15H12N4O. The van der Waals surface area contributed by atoms with Crippen molar-refractivity contribution in [3.63, 3.8) is 0 Å². The van der Waals surface area contributed by atoms with Crippen LogP contribution in [0.4, 0.5) is 5.69 Å². The Bertz CT molecular complexity index is 615. The van der Waals surface area contributed by atoms with Crippen molar-refractivity contribution in [2.45, 2.75) is 24.8 Å². The average molecular weight is 264 g/mol. The summed E-state index contributed by atoms with van der Waals surface area (Å²) in [6.45, 7) is 0. The lowest BCUT2D eigenvalue weighted by molar-refractivity contribution is 0.356. The van der Waals surface area contributed by atoms with E-state index < -0.39 is 5.54 Å². The zero-order chi connectivity index (χ0) is 13.8. The Hall–Kier alpha value is -2.79. The third-order valence-corrected chi connectivity index (χ3v) is 3.28. The molecule has 0 unspecified atom stereocenters. The summed E-state index contributed by atoms with van der Waals surface area (Å²) in [4.78, 5) is 7.74. The van der Waals surface area contributed by atoms with Crippen molar-refractivity contribution in [3.8, 4) is 17.6 Å². The third-order valence-electron chi connectivity index (χ3n) is 3.28. The minimum absolute atomic E-state index is 0.431. The quantitative estimate of drug-likeness (QED) is 0.919. The number of hydrogen-bond donors (Lipinski definition) is 1. The number of nitrogens with zero attached hydrogens (tertiary/aromatic N) is 3. The first kappa shape index (κ1) is 12.3. The molecule has 5 heteroatoms. The fourth-order valence-corrected chi connectivity index (χ4v) is 2.02. The van der Waals surface area contributed by atoms with Crippen molar-refractivity contribution >= 4 is 5.69 Å². The van der Waals surface area contributed by atoms with Crippen LogP contribution in [-0.4, -0.2) is 15.5 Å². The van der Waals surface area contributed by atoms with Crippen LogP contribution < -0.4 is 10.1 Å². The van der Waals surface area contributed by atoms with Crippen molar-refractivity contribution in [1.82, 2.24) is 9.97 Å². The Balaban J connectivity index is 1.67. The van der Waals surface area contributed by atoms with Gasteiger partial charge >= 0.3 is 0 Å². The molecule has 1 fully saturated rings. The Morgan fingerprint density at radius 2 is 2.05 bits per heavy atom. The van der Waals surface area contributed by atoms with Gasteiger partial charge in [-0.2, -0.15) is 5.26 Å². The molecule has 0 aliphatic heterocycles. The summed E-state index contributed by atoms with van der Waals surface area (Å²) in [5.41, 5.74) is 0.322. The van der Waals surface area contributed by atoms with Gasteiger partial charge in [0.25, 0.3) is 0 Å². The lowest BCUT2D eigenvalue weighted by Gasteiger charge is -2.36. The number of nitriles is 1. The van der Waals surface area contributed by atoms with Crippen molar-refractivity contribution in [1.29, 1.82) is 5.26 Å². The Morgan fingerprint density at radius 3 is 2.60 bits per heavy atom. The van der Waals surface area contributed by atoms with Gasteiger partial charge in [0.05, 0.1) is 24.2 Å². The Kier molecular flexibility index (Phi) is 3.10. The smallest absolute Gasteiger partial charge is 0.178 e. The molecule has 0 bridgehead atoms. The molecule has 1 aromatic heterocycles. The van der Waals surface area contributed by atoms with Crippen LogP contribution in [0, 0.1) is 23.5 Å². The standard InChI is InChI=1S/C15H12N4O/c16-10-15(6-1-7-15)19-12-2-4-13(5-3-12)20-14-8-17-11-18-9-14/h2,4,8-9,11,19H,1,6-7H2. The Morgan fingerprint density at radius 1 is 1.25 bits per heavy atom. The minimum Gasteiger partial charge on any atom is -0.445 e. The second-order valence-corrected chi connectivity index (χ2v) is 4.71. The number of ether oxygens (including phenoxy) is 1. The first-order valence-electron chi connectivity index (χ1n) is 6.36. The Labute approximate surface area is 117 Å². The summed E-state index contributed by atoms with van der Waals surface area (Å²) in [5, 5.41) is 12.4. The van der Waals surface area contributed by atoms with Crippen molar-refractivity contribution in [3.05, 3.63) is 43.0 Å². The number of rotatable bonds is 4. The lowest BCUT2D eigenvalue weighted by atomic mass is 9.78. The van der Waals surface area contributed by atoms with Gasteiger partial charge in [-0.25, -0.2) is 9.97 Å². The van der Waals surface area contributed by atoms with Gasteiger partial charge in [0.2, 0.25) is 0 Å². The molecule has 5 nitrogen and oxygen atoms in total. The highest BCUT2D eigenvalue weighted by molar-refractivity contribution is 5.47. The van der Waals surface area contributed by atoms with E-state index >= 15 is 0 Å². The predicted octanol–water partition coefficient (Wildman–Crippen LogP) is 2.73. The maximum atomic E-state index is 9.17. The molecular weight excluding hydrogens is 252 g/mol. The summed E-state index contributed by atoms with van der Waals surface area (Å²) in [6.07, 6.45) is 7.42. The number of aromatic nitrogens is 2. The number of anilines is 1. The zero-order valence-electron chi connectivity index (χ0n) is 10.8. The minimum atomic E-state index is -0.431. The van der Waals surface area contributed by atoms with E-state index in [1.54, 1.807) is 18.5 Å². The maximum absolute atomic E-state index is 9.17. The molecule has 98 valence electrons. The largest absolute Gasteiger partial charge is 0.445 e. The summed E-state index contributed by atoms with van der Waals surface area (Å²) in [5.74, 6) is 1.08. The monoisotopic (exact) mass is 264 g/mol. The van der Waals surface area contributed by atoms with E-state index in [2.05, 4.69) is 33.5 Å². The molecule has 1 aliphatic rings. The van der Waals surface area contributed by atoms with Gasteiger partial charge in [0.1, 0.15) is 11.9 Å². The summed E-state index contributed by atoms with van der Waals surface area (Å²) >= 11 is 0. The fraction of sp³-hybridized carbons (Fsp3) is 0.267. The normalized spacial score (nSPS) is 15.3. The van der Waals surface area contributed by atoms with E-state index in [9.17, 15) is 5.26 Å². The molecule has 2 aromatic rings. The van der Waals surface area contributed by atoms with Crippen LogP contribution in [0.3, 0.4) is 0 Å². The van der Waals surface area contributed by atoms with E-state index in [0.29, 0.717) is 11.5 Å². The molecule has 0 saturated heterocycles. The van der Waals surface area contributed by atoms with Crippen molar-refractivity contribution in [2.75, 3.05) is 5.32 Å². The van der Waals surface area contributed by atoms with Crippen molar-refractivity contribution < 1.29 is 4.74 Å². The maximum Gasteiger partial charge on any atom is 0.178 e. The highest BCUT2D eigenvalue weighted by atomic mass is 16.5. The average Bonchev–Trinajstić information content (AvgIpc) is 2.46. The first-order chi connectivity index (χ1) is 9.80. The SMILES string of the molecule is N#CC1(Nc2c#cc(Oc3cncnc3)cc2)CCC1. The van der Waals surface area contributed by atoms with Crippen LogP contribution in [-0.2, 0) is 0 Å². The van der Waals surface area contributed by atoms with E-state index in [1.807, 2.05) is 6.07 Å². The molecule has 0 spiro atoms. The lowest BCUT2D eigenvalue weighted by Crippen LogP contribution is -2.43. The van der Waals surface area contributed by atoms with E-state index in [1.165, 1.54) is 6.33 Å². The fourth-order valence-electron chi connectivity index (χ4n) is 2.02. The second kappa shape index (κ2) is 5.07. The molecule has 0 amide bonds. The van der Waals surface area contributed by atoms with Gasteiger partial charge in [0.15, 0.2) is 11.5 Å². The molecule has 1 heterocycles. The van der Waals surface area contributed by atoms with Gasteiger partial charge in [-0.05, 0) is 43.5 Å². The molecule has 0 radical (unpaired) electrons. The highest BCUT2D eigenvalue weighted by Crippen LogP contribution is 2.34. The topological polar surface area (TPSA) is 70.8 Å². The van der Waals surface area contributed by atoms with Crippen LogP contribution in [0.1, 0.15) is 19.3 Å². The zero-order valence-corrected chi connectivity index (χ0v) is 10.8. The van der Waals surface area contributed by atoms with Gasteiger partial charge in [-0.3, -0.25) is 0 Å².